The molecule has 74 valence electrons. The molecule has 1 nitrogen and oxygen atoms in total. The minimum absolute atomic E-state index is 0.862. The average Bonchev–Trinajstić information content (AvgIpc) is 1.99. The summed E-state index contributed by atoms with van der Waals surface area (Å²) < 4.78 is 0. The maximum absolute atomic E-state index is 5.96. The van der Waals surface area contributed by atoms with Crippen LogP contribution in [0.3, 0.4) is 0 Å². The Kier molecular flexibility index (Phi) is 5.20. The zero-order valence-corrected chi connectivity index (χ0v) is 9.11. The van der Waals surface area contributed by atoms with Crippen LogP contribution >= 0.6 is 0 Å². The van der Waals surface area contributed by atoms with Crippen LogP contribution in [0.5, 0.6) is 0 Å². The van der Waals surface area contributed by atoms with Gasteiger partial charge >= 0.3 is 0 Å². The van der Waals surface area contributed by atoms with Crippen molar-refractivity contribution in [2.24, 2.45) is 5.73 Å². The second kappa shape index (κ2) is 5.63. The van der Waals surface area contributed by atoms with Crippen LogP contribution in [0.2, 0.25) is 0 Å². The largest absolute Gasteiger partial charge is 0.402 e. The molecule has 1 heteroatoms. The van der Waals surface area contributed by atoms with E-state index in [0.717, 1.165) is 36.1 Å². The first-order chi connectivity index (χ1) is 5.99. The smallest absolute Gasteiger partial charge is 0.0119 e. The second-order valence-corrected chi connectivity index (χ2v) is 3.67. The van der Waals surface area contributed by atoms with Gasteiger partial charge in [0.05, 0.1) is 0 Å². The molecule has 0 fully saturated rings. The van der Waals surface area contributed by atoms with E-state index in [-0.39, 0.29) is 0 Å². The van der Waals surface area contributed by atoms with Crippen molar-refractivity contribution in [3.63, 3.8) is 0 Å². The Balaban J connectivity index is 4.66. The maximum atomic E-state index is 5.96. The first-order valence-corrected chi connectivity index (χ1v) is 4.76. The van der Waals surface area contributed by atoms with Crippen molar-refractivity contribution in [1.82, 2.24) is 0 Å². The van der Waals surface area contributed by atoms with Crippen molar-refractivity contribution in [2.75, 3.05) is 0 Å². The minimum Gasteiger partial charge on any atom is -0.402 e. The normalized spacial score (nSPS) is 12.2. The van der Waals surface area contributed by atoms with Gasteiger partial charge in [-0.1, -0.05) is 37.6 Å². The predicted octanol–water partition coefficient (Wildman–Crippen LogP) is 3.54. The molecule has 2 N–H and O–H groups in total. The van der Waals surface area contributed by atoms with Crippen molar-refractivity contribution >= 4 is 0 Å². The van der Waals surface area contributed by atoms with Gasteiger partial charge < -0.3 is 5.73 Å². The molecular weight excluding hydrogens is 158 g/mol. The van der Waals surface area contributed by atoms with E-state index in [9.17, 15) is 0 Å². The minimum atomic E-state index is 0.862. The molecular formula is C12H21N. The van der Waals surface area contributed by atoms with Crippen LogP contribution in [0.25, 0.3) is 0 Å². The van der Waals surface area contributed by atoms with Crippen LogP contribution in [0.15, 0.2) is 35.6 Å². The van der Waals surface area contributed by atoms with Crippen molar-refractivity contribution in [2.45, 2.75) is 40.0 Å². The third kappa shape index (κ3) is 4.56. The molecule has 0 saturated heterocycles. The van der Waals surface area contributed by atoms with E-state index in [0.29, 0.717) is 0 Å². The molecule has 0 aromatic rings. The van der Waals surface area contributed by atoms with Crippen LogP contribution in [0.1, 0.15) is 40.0 Å². The molecule has 0 aliphatic carbocycles. The molecule has 0 aromatic heterocycles. The Labute approximate surface area is 82.0 Å². The Morgan fingerprint density at radius 1 is 1.23 bits per heavy atom. The highest BCUT2D eigenvalue weighted by molar-refractivity contribution is 5.33. The van der Waals surface area contributed by atoms with Crippen LogP contribution in [0.4, 0.5) is 0 Å². The zero-order chi connectivity index (χ0) is 10.4. The van der Waals surface area contributed by atoms with Gasteiger partial charge in [-0.3, -0.25) is 0 Å². The van der Waals surface area contributed by atoms with E-state index < -0.39 is 0 Å². The summed E-state index contributed by atoms with van der Waals surface area (Å²) in [6, 6.07) is 0. The first-order valence-electron chi connectivity index (χ1n) is 4.76. The highest BCUT2D eigenvalue weighted by atomic mass is 14.6. The fourth-order valence-electron chi connectivity index (χ4n) is 1.26. The summed E-state index contributed by atoms with van der Waals surface area (Å²) in [5.74, 6) is 0. The van der Waals surface area contributed by atoms with Crippen LogP contribution in [-0.2, 0) is 0 Å². The molecule has 0 aliphatic rings. The number of rotatable bonds is 5. The van der Waals surface area contributed by atoms with Crippen LogP contribution in [-0.4, -0.2) is 0 Å². The number of nitrogens with two attached hydrogens (primary N) is 1. The summed E-state index contributed by atoms with van der Waals surface area (Å²) in [6.07, 6.45) is 2.90. The zero-order valence-electron chi connectivity index (χ0n) is 9.11. The summed E-state index contributed by atoms with van der Waals surface area (Å²) in [5.41, 5.74) is 10.3. The van der Waals surface area contributed by atoms with Gasteiger partial charge in [-0.15, -0.1) is 0 Å². The van der Waals surface area contributed by atoms with E-state index >= 15 is 0 Å². The lowest BCUT2D eigenvalue weighted by Gasteiger charge is -2.11. The lowest BCUT2D eigenvalue weighted by molar-refractivity contribution is 0.867. The molecule has 0 radical (unpaired) electrons. The Bertz CT molecular complexity index is 234. The number of hydrogen-bond donors (Lipinski definition) is 1. The molecule has 0 bridgehead atoms. The number of hydrogen-bond acceptors (Lipinski definition) is 1. The second-order valence-electron chi connectivity index (χ2n) is 3.67. The van der Waals surface area contributed by atoms with Gasteiger partial charge in [0, 0.05) is 5.70 Å². The summed E-state index contributed by atoms with van der Waals surface area (Å²) in [7, 11) is 0. The molecule has 0 spiro atoms. The summed E-state index contributed by atoms with van der Waals surface area (Å²) in [5, 5.41) is 0. The topological polar surface area (TPSA) is 26.0 Å². The molecule has 0 amide bonds. The van der Waals surface area contributed by atoms with E-state index in [2.05, 4.69) is 20.1 Å². The molecule has 0 atom stereocenters. The van der Waals surface area contributed by atoms with E-state index in [4.69, 9.17) is 5.73 Å². The molecule has 0 aliphatic heterocycles. The fraction of sp³-hybridized carbons (Fsp3) is 0.500. The predicted molar refractivity (Wildman–Crippen MR) is 60.4 cm³/mol. The van der Waals surface area contributed by atoms with Gasteiger partial charge in [0.15, 0.2) is 0 Å². The molecule has 0 aromatic carbocycles. The SMILES string of the molecule is C=C(C)C/C(C(=C)C)=C(\N)CCC. The van der Waals surface area contributed by atoms with Gasteiger partial charge in [0.25, 0.3) is 0 Å². The van der Waals surface area contributed by atoms with Crippen LogP contribution < -0.4 is 5.73 Å². The van der Waals surface area contributed by atoms with E-state index in [1.165, 1.54) is 5.57 Å². The van der Waals surface area contributed by atoms with Gasteiger partial charge in [-0.2, -0.15) is 0 Å². The summed E-state index contributed by atoms with van der Waals surface area (Å²) in [6.45, 7) is 14.0. The molecule has 0 heterocycles. The molecule has 0 rings (SSSR count). The quantitative estimate of drug-likeness (QED) is 0.507. The highest BCUT2D eigenvalue weighted by Crippen LogP contribution is 2.20. The third-order valence-electron chi connectivity index (χ3n) is 1.90. The maximum Gasteiger partial charge on any atom is 0.0119 e. The van der Waals surface area contributed by atoms with Crippen LogP contribution in [0, 0.1) is 0 Å². The number of allylic oxidation sites excluding steroid dienone is 4. The highest BCUT2D eigenvalue weighted by Gasteiger charge is 2.04. The first kappa shape index (κ1) is 12.0. The van der Waals surface area contributed by atoms with Crippen molar-refractivity contribution in [3.8, 4) is 0 Å². The molecule has 0 unspecified atom stereocenters. The lowest BCUT2D eigenvalue weighted by Crippen LogP contribution is -2.03. The van der Waals surface area contributed by atoms with E-state index in [1.54, 1.807) is 0 Å². The van der Waals surface area contributed by atoms with Crippen molar-refractivity contribution < 1.29 is 0 Å². The standard InChI is InChI=1S/C12H21N/c1-6-7-12(13)11(10(4)5)8-9(2)3/h2,4,6-8,13H2,1,3,5H3/b12-11+. The summed E-state index contributed by atoms with van der Waals surface area (Å²) in [4.78, 5) is 0. The Hall–Kier alpha value is -0.980. The van der Waals surface area contributed by atoms with Gasteiger partial charge in [-0.25, -0.2) is 0 Å². The Morgan fingerprint density at radius 2 is 1.77 bits per heavy atom. The average molecular weight is 179 g/mol. The van der Waals surface area contributed by atoms with Gasteiger partial charge in [-0.05, 0) is 32.3 Å². The molecule has 0 saturated carbocycles. The third-order valence-corrected chi connectivity index (χ3v) is 1.90. The van der Waals surface area contributed by atoms with Gasteiger partial charge in [0.1, 0.15) is 0 Å². The fourth-order valence-corrected chi connectivity index (χ4v) is 1.26. The lowest BCUT2D eigenvalue weighted by atomic mass is 9.98. The van der Waals surface area contributed by atoms with E-state index in [1.807, 2.05) is 13.8 Å². The van der Waals surface area contributed by atoms with Gasteiger partial charge in [0.2, 0.25) is 0 Å². The summed E-state index contributed by atoms with van der Waals surface area (Å²) >= 11 is 0. The molecule has 13 heavy (non-hydrogen) atoms. The monoisotopic (exact) mass is 179 g/mol. The van der Waals surface area contributed by atoms with Crippen molar-refractivity contribution in [1.29, 1.82) is 0 Å². The Morgan fingerprint density at radius 3 is 2.08 bits per heavy atom. The van der Waals surface area contributed by atoms with Crippen molar-refractivity contribution in [3.05, 3.63) is 35.6 Å².